The molecule has 3 heterocycles. The van der Waals surface area contributed by atoms with Gasteiger partial charge < -0.3 is 19.9 Å². The molecule has 3 fully saturated rings. The van der Waals surface area contributed by atoms with Crippen LogP contribution in [0.4, 0.5) is 15.3 Å². The van der Waals surface area contributed by atoms with Crippen LogP contribution in [0.1, 0.15) is 31.2 Å². The predicted molar refractivity (Wildman–Crippen MR) is 113 cm³/mol. The van der Waals surface area contributed by atoms with E-state index in [1.165, 1.54) is 29.2 Å². The van der Waals surface area contributed by atoms with Crippen molar-refractivity contribution in [3.8, 4) is 0 Å². The van der Waals surface area contributed by atoms with Gasteiger partial charge in [0.05, 0.1) is 4.92 Å². The zero-order chi connectivity index (χ0) is 22.7. The van der Waals surface area contributed by atoms with E-state index in [9.17, 15) is 24.5 Å². The van der Waals surface area contributed by atoms with Gasteiger partial charge in [-0.1, -0.05) is 0 Å². The molecule has 1 aromatic rings. The van der Waals surface area contributed by atoms with Crippen LogP contribution in [0, 0.1) is 10.1 Å². The lowest BCUT2D eigenvalue weighted by Gasteiger charge is -2.39. The van der Waals surface area contributed by atoms with Gasteiger partial charge in [-0.3, -0.25) is 19.8 Å². The van der Waals surface area contributed by atoms with Crippen LogP contribution in [-0.4, -0.2) is 82.5 Å². The zero-order valence-corrected chi connectivity index (χ0v) is 17.8. The Morgan fingerprint density at radius 1 is 1.03 bits per heavy atom. The molecule has 3 saturated heterocycles. The number of urea groups is 1. The fourth-order valence-corrected chi connectivity index (χ4v) is 4.28. The van der Waals surface area contributed by atoms with E-state index in [-0.39, 0.29) is 30.3 Å². The number of ether oxygens (including phenoxy) is 1. The fourth-order valence-electron chi connectivity index (χ4n) is 4.28. The second-order valence-corrected chi connectivity index (χ2v) is 8.39. The summed E-state index contributed by atoms with van der Waals surface area (Å²) >= 11 is 0. The molecule has 2 atom stereocenters. The molecule has 0 saturated carbocycles. The number of benzene rings is 1. The second kappa shape index (κ2) is 9.41. The van der Waals surface area contributed by atoms with E-state index < -0.39 is 17.1 Å². The molecule has 0 bridgehead atoms. The molecule has 32 heavy (non-hydrogen) atoms. The number of nitro benzene ring substituents is 1. The minimum Gasteiger partial charge on any atom is -0.445 e. The first kappa shape index (κ1) is 21.8. The average Bonchev–Trinajstić information content (AvgIpc) is 3.43. The number of carbonyl (C=O) groups excluding carboxylic acids is 3. The second-order valence-electron chi connectivity index (χ2n) is 8.39. The summed E-state index contributed by atoms with van der Waals surface area (Å²) in [6, 6.07) is 5.10. The summed E-state index contributed by atoms with van der Waals surface area (Å²) in [5, 5.41) is 13.7. The number of nitrogens with zero attached hydrogens (tertiary/aromatic N) is 4. The van der Waals surface area contributed by atoms with Crippen LogP contribution < -0.4 is 5.32 Å². The Bertz CT molecular complexity index is 885. The van der Waals surface area contributed by atoms with Gasteiger partial charge in [-0.05, 0) is 43.4 Å². The van der Waals surface area contributed by atoms with Crippen LogP contribution in [0.3, 0.4) is 0 Å². The van der Waals surface area contributed by atoms with Gasteiger partial charge in [0, 0.05) is 50.9 Å². The highest BCUT2D eigenvalue weighted by atomic mass is 16.6. The molecule has 0 spiro atoms. The Balaban J connectivity index is 1.22. The molecule has 4 rings (SSSR count). The summed E-state index contributed by atoms with van der Waals surface area (Å²) in [4.78, 5) is 52.8. The number of likely N-dealkylation sites (tertiary alicyclic amines) is 3. The molecule has 172 valence electrons. The predicted octanol–water partition coefficient (Wildman–Crippen LogP) is 1.71. The lowest BCUT2D eigenvalue weighted by Crippen LogP contribution is -2.59. The molecule has 1 N–H and O–H groups in total. The summed E-state index contributed by atoms with van der Waals surface area (Å²) in [5.41, 5.74) is 0.589. The minimum atomic E-state index is -0.591. The van der Waals surface area contributed by atoms with Crippen LogP contribution in [0.5, 0.6) is 0 Å². The van der Waals surface area contributed by atoms with Crippen LogP contribution >= 0.6 is 0 Å². The minimum absolute atomic E-state index is 0.0299. The van der Waals surface area contributed by atoms with E-state index in [1.54, 1.807) is 4.90 Å². The van der Waals surface area contributed by atoms with E-state index >= 15 is 0 Å². The van der Waals surface area contributed by atoms with Gasteiger partial charge in [0.25, 0.3) is 5.69 Å². The summed E-state index contributed by atoms with van der Waals surface area (Å²) in [7, 11) is 0. The third-order valence-corrected chi connectivity index (χ3v) is 6.25. The molecule has 11 nitrogen and oxygen atoms in total. The monoisotopic (exact) mass is 445 g/mol. The fraction of sp³-hybridized carbons (Fsp3) is 0.571. The highest BCUT2D eigenvalue weighted by Gasteiger charge is 2.40. The molecular formula is C21H27N5O6. The maximum atomic E-state index is 12.7. The standard InChI is InChI=1S/C21H27N5O6/c27-19(22-16-7-11-24(13-16)20(28)23-9-1-2-10-23)18-8-12-25(18)21(29)32-14-15-3-5-17(6-4-15)26(30)31/h3-6,16,18H,1-2,7-14H2,(H,22,27)/t16-,18-/m0/s1. The van der Waals surface area contributed by atoms with Crippen molar-refractivity contribution < 1.29 is 24.0 Å². The van der Waals surface area contributed by atoms with E-state index in [2.05, 4.69) is 5.32 Å². The molecule has 0 aromatic heterocycles. The van der Waals surface area contributed by atoms with Crippen molar-refractivity contribution in [1.82, 2.24) is 20.0 Å². The molecule has 1 aromatic carbocycles. The van der Waals surface area contributed by atoms with Crippen molar-refractivity contribution in [3.05, 3.63) is 39.9 Å². The highest BCUT2D eigenvalue weighted by Crippen LogP contribution is 2.21. The number of hydrogen-bond donors (Lipinski definition) is 1. The van der Waals surface area contributed by atoms with Crippen molar-refractivity contribution in [2.75, 3.05) is 32.7 Å². The number of nitro groups is 1. The van der Waals surface area contributed by atoms with E-state index in [1.807, 2.05) is 4.90 Å². The lowest BCUT2D eigenvalue weighted by atomic mass is 10.0. The number of nitrogens with one attached hydrogen (secondary N) is 1. The van der Waals surface area contributed by atoms with Crippen molar-refractivity contribution in [1.29, 1.82) is 0 Å². The van der Waals surface area contributed by atoms with Crippen molar-refractivity contribution >= 4 is 23.7 Å². The lowest BCUT2D eigenvalue weighted by molar-refractivity contribution is -0.384. The summed E-state index contributed by atoms with van der Waals surface area (Å²) in [6.07, 6.45) is 2.74. The van der Waals surface area contributed by atoms with E-state index in [0.29, 0.717) is 38.0 Å². The number of hydrogen-bond acceptors (Lipinski definition) is 6. The van der Waals surface area contributed by atoms with Gasteiger partial charge in [-0.25, -0.2) is 9.59 Å². The first-order valence-electron chi connectivity index (χ1n) is 10.9. The topological polar surface area (TPSA) is 125 Å². The molecule has 4 amide bonds. The smallest absolute Gasteiger partial charge is 0.410 e. The van der Waals surface area contributed by atoms with Crippen LogP contribution in [0.15, 0.2) is 24.3 Å². The number of carbonyl (C=O) groups is 3. The summed E-state index contributed by atoms with van der Waals surface area (Å²) in [6.45, 7) is 3.10. The normalized spacial score (nSPS) is 22.4. The first-order chi connectivity index (χ1) is 15.4. The van der Waals surface area contributed by atoms with E-state index in [4.69, 9.17) is 4.74 Å². The van der Waals surface area contributed by atoms with Gasteiger partial charge in [0.1, 0.15) is 12.6 Å². The molecule has 0 unspecified atom stereocenters. The third kappa shape index (κ3) is 4.76. The molecule has 3 aliphatic heterocycles. The Labute approximate surface area is 185 Å². The van der Waals surface area contributed by atoms with Gasteiger partial charge in [0.15, 0.2) is 0 Å². The maximum Gasteiger partial charge on any atom is 0.410 e. The van der Waals surface area contributed by atoms with Crippen LogP contribution in [-0.2, 0) is 16.1 Å². The van der Waals surface area contributed by atoms with Crippen molar-refractivity contribution in [2.45, 2.75) is 44.4 Å². The molecule has 0 aliphatic carbocycles. The first-order valence-corrected chi connectivity index (χ1v) is 10.9. The van der Waals surface area contributed by atoms with Gasteiger partial charge >= 0.3 is 12.1 Å². The quantitative estimate of drug-likeness (QED) is 0.543. The molecule has 0 radical (unpaired) electrons. The summed E-state index contributed by atoms with van der Waals surface area (Å²) in [5.74, 6) is -0.232. The van der Waals surface area contributed by atoms with Crippen molar-refractivity contribution in [2.24, 2.45) is 0 Å². The Morgan fingerprint density at radius 2 is 1.75 bits per heavy atom. The molecular weight excluding hydrogens is 418 g/mol. The molecule has 3 aliphatic rings. The zero-order valence-electron chi connectivity index (χ0n) is 17.8. The number of non-ortho nitro benzene ring substituents is 1. The van der Waals surface area contributed by atoms with Gasteiger partial charge in [0.2, 0.25) is 5.91 Å². The maximum absolute atomic E-state index is 12.7. The largest absolute Gasteiger partial charge is 0.445 e. The molecule has 11 heteroatoms. The SMILES string of the molecule is O=C(N[C@H]1CCN(C(=O)N2CCCC2)C1)[C@@H]1CCN1C(=O)OCc1ccc([N+](=O)[O-])cc1. The van der Waals surface area contributed by atoms with Crippen molar-refractivity contribution in [3.63, 3.8) is 0 Å². The highest BCUT2D eigenvalue weighted by molar-refractivity contribution is 5.87. The Kier molecular flexibility index (Phi) is 6.42. The van der Waals surface area contributed by atoms with Gasteiger partial charge in [-0.15, -0.1) is 0 Å². The van der Waals surface area contributed by atoms with E-state index in [0.717, 1.165) is 25.9 Å². The van der Waals surface area contributed by atoms with Gasteiger partial charge in [-0.2, -0.15) is 0 Å². The third-order valence-electron chi connectivity index (χ3n) is 6.25. The Hall–Kier alpha value is -3.37. The van der Waals surface area contributed by atoms with Crippen LogP contribution in [0.25, 0.3) is 0 Å². The van der Waals surface area contributed by atoms with Crippen LogP contribution in [0.2, 0.25) is 0 Å². The average molecular weight is 445 g/mol. The Morgan fingerprint density at radius 3 is 2.38 bits per heavy atom. The summed E-state index contributed by atoms with van der Waals surface area (Å²) < 4.78 is 5.27. The number of amides is 4. The number of rotatable bonds is 5.